The Kier molecular flexibility index (Phi) is 33.9. The van der Waals surface area contributed by atoms with E-state index in [2.05, 4.69) is 86.8 Å². The van der Waals surface area contributed by atoms with Crippen molar-refractivity contribution in [2.45, 2.75) is 210 Å². The first-order valence-electron chi connectivity index (χ1n) is 24.5. The number of aliphatic hydroxyl groups excluding tert-OH is 7. The van der Waals surface area contributed by atoms with Gasteiger partial charge in [0.15, 0.2) is 18.7 Å². The van der Waals surface area contributed by atoms with Gasteiger partial charge in [0.05, 0.1) is 19.8 Å². The molecule has 11 atom stereocenters. The fourth-order valence-electron chi connectivity index (χ4n) is 7.13. The average molecular weight is 937 g/mol. The van der Waals surface area contributed by atoms with Crippen molar-refractivity contribution in [1.82, 2.24) is 0 Å². The Hall–Kier alpha value is -3.06. The molecule has 0 bridgehead atoms. The van der Waals surface area contributed by atoms with Gasteiger partial charge >= 0.3 is 11.9 Å². The molecule has 2 aliphatic rings. The summed E-state index contributed by atoms with van der Waals surface area (Å²) in [5, 5.41) is 72.0. The van der Waals surface area contributed by atoms with E-state index in [1.165, 1.54) is 0 Å². The Morgan fingerprint density at radius 1 is 0.500 bits per heavy atom. The quantitative estimate of drug-likeness (QED) is 0.0209. The zero-order valence-electron chi connectivity index (χ0n) is 39.6. The number of rotatable bonds is 36. The van der Waals surface area contributed by atoms with E-state index >= 15 is 0 Å². The van der Waals surface area contributed by atoms with Crippen molar-refractivity contribution in [3.8, 4) is 0 Å². The predicted octanol–water partition coefficient (Wildman–Crippen LogP) is 6.26. The van der Waals surface area contributed by atoms with Gasteiger partial charge in [0, 0.05) is 12.8 Å². The highest BCUT2D eigenvalue weighted by Gasteiger charge is 2.47. The van der Waals surface area contributed by atoms with Gasteiger partial charge in [0.2, 0.25) is 0 Å². The van der Waals surface area contributed by atoms with Gasteiger partial charge in [-0.2, -0.15) is 0 Å². The lowest BCUT2D eigenvalue weighted by molar-refractivity contribution is -0.332. The summed E-state index contributed by atoms with van der Waals surface area (Å²) in [4.78, 5) is 25.7. The molecule has 15 nitrogen and oxygen atoms in total. The van der Waals surface area contributed by atoms with Crippen molar-refractivity contribution in [1.29, 1.82) is 0 Å². The molecule has 0 saturated carbocycles. The maximum Gasteiger partial charge on any atom is 0.306 e. The summed E-state index contributed by atoms with van der Waals surface area (Å²) >= 11 is 0. The number of esters is 2. The normalized spacial score (nSPS) is 26.8. The van der Waals surface area contributed by atoms with E-state index in [0.717, 1.165) is 103 Å². The van der Waals surface area contributed by atoms with Crippen LogP contribution in [0.2, 0.25) is 0 Å². The van der Waals surface area contributed by atoms with E-state index in [0.29, 0.717) is 12.8 Å². The lowest BCUT2D eigenvalue weighted by Gasteiger charge is -2.42. The molecule has 0 spiro atoms. The Labute approximate surface area is 393 Å². The van der Waals surface area contributed by atoms with Crippen molar-refractivity contribution in [3.05, 3.63) is 72.9 Å². The van der Waals surface area contributed by atoms with Crippen LogP contribution >= 0.6 is 0 Å². The summed E-state index contributed by atoms with van der Waals surface area (Å²) in [6, 6.07) is 0. The van der Waals surface area contributed by atoms with Crippen LogP contribution in [0, 0.1) is 0 Å². The number of carbonyl (C=O) groups is 2. The molecule has 11 unspecified atom stereocenters. The molecule has 0 aromatic heterocycles. The first kappa shape index (κ1) is 59.1. The van der Waals surface area contributed by atoms with Gasteiger partial charge in [0.25, 0.3) is 0 Å². The highest BCUT2D eigenvalue weighted by molar-refractivity contribution is 5.70. The Morgan fingerprint density at radius 2 is 0.955 bits per heavy atom. The summed E-state index contributed by atoms with van der Waals surface area (Å²) in [7, 11) is 0. The number of allylic oxidation sites excluding steroid dienone is 12. The van der Waals surface area contributed by atoms with Crippen LogP contribution in [0.25, 0.3) is 0 Å². The van der Waals surface area contributed by atoms with E-state index in [9.17, 15) is 45.3 Å². The molecule has 2 heterocycles. The van der Waals surface area contributed by atoms with Gasteiger partial charge in [-0.3, -0.25) is 9.59 Å². The second-order valence-electron chi connectivity index (χ2n) is 16.9. The maximum atomic E-state index is 13.0. The van der Waals surface area contributed by atoms with Crippen LogP contribution in [-0.2, 0) is 38.0 Å². The van der Waals surface area contributed by atoms with Crippen LogP contribution in [0.4, 0.5) is 0 Å². The van der Waals surface area contributed by atoms with Gasteiger partial charge in [0.1, 0.15) is 55.4 Å². The van der Waals surface area contributed by atoms with E-state index in [-0.39, 0.29) is 19.4 Å². The van der Waals surface area contributed by atoms with Gasteiger partial charge in [-0.05, 0) is 77.0 Å². The molecule has 7 N–H and O–H groups in total. The predicted molar refractivity (Wildman–Crippen MR) is 252 cm³/mol. The molecule has 378 valence electrons. The average Bonchev–Trinajstić information content (AvgIpc) is 3.31. The van der Waals surface area contributed by atoms with Crippen molar-refractivity contribution in [2.75, 3.05) is 26.4 Å². The summed E-state index contributed by atoms with van der Waals surface area (Å²) in [6.45, 7) is 2.34. The SMILES string of the molecule is CC/C=C\C/C=C\C/C=C\C/C=C\CCCCCCC(=O)OC(COC(=O)CCCCCCC/C=C\C/C=C\CCC)COC1OC(COC2OC(CO)C(O)C(O)C2O)C(O)C(O)C1O. The Bertz CT molecular complexity index is 1430. The smallest absolute Gasteiger partial charge is 0.306 e. The van der Waals surface area contributed by atoms with Crippen LogP contribution in [0.15, 0.2) is 72.9 Å². The largest absolute Gasteiger partial charge is 0.462 e. The van der Waals surface area contributed by atoms with Gasteiger partial charge in [-0.1, -0.05) is 125 Å². The minimum atomic E-state index is -1.77. The van der Waals surface area contributed by atoms with Crippen LogP contribution in [0.5, 0.6) is 0 Å². The molecular formula is C51H84O15. The molecule has 0 radical (unpaired) electrons. The first-order valence-corrected chi connectivity index (χ1v) is 24.5. The maximum absolute atomic E-state index is 13.0. The minimum absolute atomic E-state index is 0.130. The number of carbonyl (C=O) groups excluding carboxylic acids is 2. The van der Waals surface area contributed by atoms with Crippen LogP contribution in [-0.4, -0.2) is 142 Å². The van der Waals surface area contributed by atoms with Gasteiger partial charge in [-0.15, -0.1) is 0 Å². The molecule has 0 aromatic carbocycles. The van der Waals surface area contributed by atoms with E-state index < -0.39 is 99.3 Å². The fraction of sp³-hybridized carbons (Fsp3) is 0.725. The number of hydrogen-bond acceptors (Lipinski definition) is 15. The van der Waals surface area contributed by atoms with Crippen molar-refractivity contribution in [3.63, 3.8) is 0 Å². The molecule has 2 aliphatic heterocycles. The number of aliphatic hydroxyl groups is 7. The van der Waals surface area contributed by atoms with Crippen LogP contribution < -0.4 is 0 Å². The van der Waals surface area contributed by atoms with Crippen LogP contribution in [0.3, 0.4) is 0 Å². The molecule has 0 aromatic rings. The van der Waals surface area contributed by atoms with E-state index in [1.807, 2.05) is 0 Å². The molecule has 15 heteroatoms. The zero-order chi connectivity index (χ0) is 48.2. The second kappa shape index (κ2) is 37.9. The molecular weight excluding hydrogens is 853 g/mol. The first-order chi connectivity index (χ1) is 32.0. The third kappa shape index (κ3) is 25.9. The summed E-state index contributed by atoms with van der Waals surface area (Å²) in [5.74, 6) is -0.978. The second-order valence-corrected chi connectivity index (χ2v) is 16.9. The van der Waals surface area contributed by atoms with Crippen molar-refractivity contribution < 1.29 is 73.8 Å². The molecule has 0 amide bonds. The third-order valence-electron chi connectivity index (χ3n) is 11.1. The topological polar surface area (TPSA) is 231 Å². The summed E-state index contributed by atoms with van der Waals surface area (Å²) in [6.07, 6.45) is 26.5. The lowest BCUT2D eigenvalue weighted by atomic mass is 9.98. The van der Waals surface area contributed by atoms with E-state index in [1.54, 1.807) is 0 Å². The zero-order valence-corrected chi connectivity index (χ0v) is 39.6. The summed E-state index contributed by atoms with van der Waals surface area (Å²) < 4.78 is 33.5. The highest BCUT2D eigenvalue weighted by atomic mass is 16.7. The Balaban J connectivity index is 1.85. The van der Waals surface area contributed by atoms with Crippen molar-refractivity contribution in [2.24, 2.45) is 0 Å². The number of unbranched alkanes of at least 4 members (excludes halogenated alkanes) is 10. The highest BCUT2D eigenvalue weighted by Crippen LogP contribution is 2.26. The lowest BCUT2D eigenvalue weighted by Crippen LogP contribution is -2.61. The molecule has 2 saturated heterocycles. The van der Waals surface area contributed by atoms with Gasteiger partial charge in [-0.25, -0.2) is 0 Å². The van der Waals surface area contributed by atoms with Gasteiger partial charge < -0.3 is 64.2 Å². The van der Waals surface area contributed by atoms with Crippen LogP contribution in [0.1, 0.15) is 142 Å². The minimum Gasteiger partial charge on any atom is -0.462 e. The fourth-order valence-corrected chi connectivity index (χ4v) is 7.13. The van der Waals surface area contributed by atoms with Crippen molar-refractivity contribution >= 4 is 11.9 Å². The monoisotopic (exact) mass is 937 g/mol. The molecule has 66 heavy (non-hydrogen) atoms. The Morgan fingerprint density at radius 3 is 1.50 bits per heavy atom. The van der Waals surface area contributed by atoms with E-state index in [4.69, 9.17) is 28.4 Å². The third-order valence-corrected chi connectivity index (χ3v) is 11.1. The standard InChI is InChI=1S/C51H84O15/c1-3-5-7-9-11-13-15-17-18-19-20-22-24-26-28-30-32-34-43(54)64-39(36-61-42(53)33-31-29-27-25-23-21-16-14-12-10-8-6-4-2)37-62-50-49(60)47(58)45(56)41(66-50)38-63-51-48(59)46(57)44(55)40(35-52)65-51/h5,7-8,10-11,13-14,16-18,20,22,39-41,44-52,55-60H,3-4,6,9,12,15,19,21,23-38H2,1-2H3/b7-5-,10-8-,13-11-,16-14-,18-17-,22-20-. The number of hydrogen-bond donors (Lipinski definition) is 7. The molecule has 0 aliphatic carbocycles. The summed E-state index contributed by atoms with van der Waals surface area (Å²) in [5.41, 5.74) is 0. The molecule has 2 fully saturated rings. The molecule has 2 rings (SSSR count). The number of ether oxygens (including phenoxy) is 6.